The van der Waals surface area contributed by atoms with E-state index in [1.165, 1.54) is 0 Å². The van der Waals surface area contributed by atoms with Crippen molar-refractivity contribution in [3.63, 3.8) is 0 Å². The van der Waals surface area contributed by atoms with Crippen molar-refractivity contribution in [3.05, 3.63) is 46.7 Å². The van der Waals surface area contributed by atoms with Crippen LogP contribution >= 0.6 is 11.6 Å². The van der Waals surface area contributed by atoms with Gasteiger partial charge in [0.05, 0.1) is 5.02 Å². The molecule has 0 atom stereocenters. The van der Waals surface area contributed by atoms with E-state index >= 15 is 0 Å². The fourth-order valence-corrected chi connectivity index (χ4v) is 3.24. The van der Waals surface area contributed by atoms with E-state index in [1.54, 1.807) is 30.3 Å². The van der Waals surface area contributed by atoms with E-state index in [9.17, 15) is 9.59 Å². The van der Waals surface area contributed by atoms with Crippen LogP contribution in [0.4, 0.5) is 5.82 Å². The van der Waals surface area contributed by atoms with Crippen molar-refractivity contribution in [1.82, 2.24) is 5.16 Å². The van der Waals surface area contributed by atoms with Crippen LogP contribution in [0.2, 0.25) is 5.02 Å². The van der Waals surface area contributed by atoms with Crippen LogP contribution in [0.5, 0.6) is 0 Å². The topological polar surface area (TPSA) is 147 Å². The van der Waals surface area contributed by atoms with Gasteiger partial charge in [-0.2, -0.15) is 5.11 Å². The number of aliphatic carboxylic acids is 1. The minimum absolute atomic E-state index is 0.0548. The Morgan fingerprint density at radius 1 is 1.31 bits per heavy atom. The number of aromatic nitrogens is 1. The van der Waals surface area contributed by atoms with Gasteiger partial charge in [0.2, 0.25) is 5.76 Å². The Balaban J connectivity index is 1.58. The maximum Gasteiger partial charge on any atom is 0.327 e. The fourth-order valence-electron chi connectivity index (χ4n) is 3.01. The van der Waals surface area contributed by atoms with E-state index in [2.05, 4.69) is 20.6 Å². The minimum atomic E-state index is -1.12. The number of halogens is 1. The zero-order chi connectivity index (χ0) is 20.8. The first-order chi connectivity index (χ1) is 14.0. The highest BCUT2D eigenvalue weighted by molar-refractivity contribution is 6.34. The van der Waals surface area contributed by atoms with E-state index in [1.807, 2.05) is 4.90 Å². The molecule has 1 aromatic carbocycles. The number of carbonyl (C=O) groups excluding carboxylic acids is 1. The van der Waals surface area contributed by atoms with Crippen molar-refractivity contribution in [2.24, 2.45) is 27.1 Å². The van der Waals surface area contributed by atoms with Gasteiger partial charge in [0.1, 0.15) is 0 Å². The molecule has 0 bridgehead atoms. The number of Topliss-reactive ketones (excluding diaryl/α,β-unsaturated/α-hetero) is 1. The third-order valence-corrected chi connectivity index (χ3v) is 4.83. The number of benzene rings is 1. The molecule has 3 rings (SSSR count). The summed E-state index contributed by atoms with van der Waals surface area (Å²) >= 11 is 6.14. The molecule has 1 aliphatic heterocycles. The predicted octanol–water partition coefficient (Wildman–Crippen LogP) is 2.58. The maximum atomic E-state index is 12.7. The first kappa shape index (κ1) is 20.5. The van der Waals surface area contributed by atoms with Gasteiger partial charge in [-0.3, -0.25) is 9.59 Å². The molecule has 1 saturated heterocycles. The molecule has 0 spiro atoms. The van der Waals surface area contributed by atoms with E-state index < -0.39 is 12.5 Å². The van der Waals surface area contributed by atoms with Crippen molar-refractivity contribution < 1.29 is 19.2 Å². The molecule has 0 radical (unpaired) electrons. The molecule has 1 aliphatic rings. The number of anilines is 1. The van der Waals surface area contributed by atoms with Crippen LogP contribution in [0.1, 0.15) is 29.0 Å². The molecule has 3 N–H and O–H groups in total. The molecule has 11 heteroatoms. The molecular formula is C18H19ClN6O4. The van der Waals surface area contributed by atoms with Gasteiger partial charge in [0.15, 0.2) is 24.0 Å². The monoisotopic (exact) mass is 418 g/mol. The van der Waals surface area contributed by atoms with E-state index in [4.69, 9.17) is 27.0 Å². The fraction of sp³-hybridized carbons (Fsp3) is 0.333. The Hall–Kier alpha value is -3.27. The molecular weight excluding hydrogens is 400 g/mol. The Morgan fingerprint density at radius 3 is 2.72 bits per heavy atom. The van der Waals surface area contributed by atoms with E-state index in [0.717, 1.165) is 0 Å². The zero-order valence-corrected chi connectivity index (χ0v) is 16.1. The third kappa shape index (κ3) is 5.17. The molecule has 0 amide bonds. The maximum absolute atomic E-state index is 12.7. The smallest absolute Gasteiger partial charge is 0.327 e. The van der Waals surface area contributed by atoms with Crippen LogP contribution in [-0.4, -0.2) is 47.5 Å². The number of amidine groups is 1. The summed E-state index contributed by atoms with van der Waals surface area (Å²) in [6.07, 6.45) is 1.33. The molecule has 0 unspecified atom stereocenters. The summed E-state index contributed by atoms with van der Waals surface area (Å²) in [5.41, 5.74) is 6.29. The highest BCUT2D eigenvalue weighted by atomic mass is 35.5. The van der Waals surface area contributed by atoms with Crippen LogP contribution in [0, 0.1) is 5.92 Å². The summed E-state index contributed by atoms with van der Waals surface area (Å²) < 4.78 is 5.17. The quantitative estimate of drug-likeness (QED) is 0.231. The first-order valence-electron chi connectivity index (χ1n) is 8.88. The van der Waals surface area contributed by atoms with Crippen molar-refractivity contribution in [3.8, 4) is 0 Å². The summed E-state index contributed by atoms with van der Waals surface area (Å²) in [7, 11) is 0. The summed E-state index contributed by atoms with van der Waals surface area (Å²) in [5, 5.41) is 23.2. The number of hydrogen-bond acceptors (Lipinski definition) is 7. The lowest BCUT2D eigenvalue weighted by molar-refractivity contribution is -0.135. The second kappa shape index (κ2) is 9.28. The van der Waals surface area contributed by atoms with Crippen LogP contribution in [0.15, 0.2) is 50.3 Å². The lowest BCUT2D eigenvalue weighted by atomic mass is 9.89. The van der Waals surface area contributed by atoms with E-state index in [-0.39, 0.29) is 23.3 Å². The molecule has 2 aromatic rings. The molecule has 10 nitrogen and oxygen atoms in total. The number of ketones is 1. The van der Waals surface area contributed by atoms with Crippen molar-refractivity contribution in [2.45, 2.75) is 12.8 Å². The summed E-state index contributed by atoms with van der Waals surface area (Å²) in [4.78, 5) is 25.0. The van der Waals surface area contributed by atoms with Crippen molar-refractivity contribution in [1.29, 1.82) is 0 Å². The van der Waals surface area contributed by atoms with Gasteiger partial charge in [-0.25, -0.2) is 0 Å². The molecule has 2 heterocycles. The van der Waals surface area contributed by atoms with Gasteiger partial charge in [-0.1, -0.05) is 28.9 Å². The minimum Gasteiger partial charge on any atom is -0.480 e. The average Bonchev–Trinajstić information content (AvgIpc) is 3.21. The van der Waals surface area contributed by atoms with Gasteiger partial charge in [-0.05, 0) is 30.2 Å². The van der Waals surface area contributed by atoms with Crippen LogP contribution in [-0.2, 0) is 4.79 Å². The Kier molecular flexibility index (Phi) is 6.55. The van der Waals surface area contributed by atoms with Gasteiger partial charge >= 0.3 is 5.97 Å². The Morgan fingerprint density at radius 2 is 2.03 bits per heavy atom. The number of rotatable bonds is 7. The second-order valence-electron chi connectivity index (χ2n) is 6.42. The number of nitrogens with zero attached hydrogens (tertiary/aromatic N) is 5. The Bertz CT molecular complexity index is 949. The molecule has 1 fully saturated rings. The number of carbonyl (C=O) groups is 2. The Labute approximate surface area is 171 Å². The summed E-state index contributed by atoms with van der Waals surface area (Å²) in [5.74, 6) is -0.464. The lowest BCUT2D eigenvalue weighted by Gasteiger charge is -2.31. The predicted molar refractivity (Wildman–Crippen MR) is 105 cm³/mol. The number of carboxylic acids is 1. The SMILES string of the molecule is N/C(=N\N=NCC(=O)O)c1cc(N2CCC(C(=O)c3ccccc3Cl)CC2)no1. The molecule has 0 aliphatic carbocycles. The van der Waals surface area contributed by atoms with Crippen LogP contribution in [0.25, 0.3) is 0 Å². The average molecular weight is 419 g/mol. The molecule has 152 valence electrons. The normalized spacial score (nSPS) is 15.8. The second-order valence-corrected chi connectivity index (χ2v) is 6.83. The number of carboxylic acid groups (broad SMARTS) is 1. The first-order valence-corrected chi connectivity index (χ1v) is 9.26. The largest absolute Gasteiger partial charge is 0.480 e. The zero-order valence-electron chi connectivity index (χ0n) is 15.4. The molecule has 1 aromatic heterocycles. The van der Waals surface area contributed by atoms with Crippen molar-refractivity contribution in [2.75, 3.05) is 24.5 Å². The summed E-state index contributed by atoms with van der Waals surface area (Å²) in [6, 6.07) is 8.68. The van der Waals surface area contributed by atoms with Gasteiger partial charge in [0, 0.05) is 30.6 Å². The van der Waals surface area contributed by atoms with E-state index in [0.29, 0.717) is 42.3 Å². The van der Waals surface area contributed by atoms with Crippen LogP contribution < -0.4 is 10.6 Å². The van der Waals surface area contributed by atoms with Gasteiger partial charge in [-0.15, -0.1) is 5.10 Å². The number of hydrogen-bond donors (Lipinski definition) is 2. The highest BCUT2D eigenvalue weighted by Gasteiger charge is 2.28. The highest BCUT2D eigenvalue weighted by Crippen LogP contribution is 2.28. The number of piperidine rings is 1. The molecule has 29 heavy (non-hydrogen) atoms. The summed E-state index contributed by atoms with van der Waals surface area (Å²) in [6.45, 7) is 0.755. The lowest BCUT2D eigenvalue weighted by Crippen LogP contribution is -2.36. The number of nitrogens with two attached hydrogens (primary N) is 1. The van der Waals surface area contributed by atoms with Crippen molar-refractivity contribution >= 4 is 35.0 Å². The van der Waals surface area contributed by atoms with Gasteiger partial charge in [0.25, 0.3) is 0 Å². The van der Waals surface area contributed by atoms with Gasteiger partial charge < -0.3 is 20.3 Å². The van der Waals surface area contributed by atoms with Crippen LogP contribution in [0.3, 0.4) is 0 Å². The standard InChI is InChI=1S/C18H19ClN6O4/c19-13-4-2-1-3-12(13)17(28)11-5-7-25(8-6-11)15-9-14(29-23-15)18(20)22-24-21-10-16(26)27/h1-4,9,11H,5-8,10H2,(H,26,27)(H2,20,21,22). The third-order valence-electron chi connectivity index (χ3n) is 4.50. The molecule has 0 saturated carbocycles.